The SMILES string of the molecule is CC(C)(C)OC(=O)N[C@H]1CCCCC/C=C\[C@H]2C[C@@]2(C(=O)O)NC(=O)[C@@H]2C[C@@H](n3nnc(-c4cncc(Br)c4)n3)CN2C1=O. The van der Waals surface area contributed by atoms with Crippen LogP contribution in [0.15, 0.2) is 35.1 Å². The second kappa shape index (κ2) is 12.6. The number of carboxylic acids is 1. The number of tetrazole rings is 1. The monoisotopic (exact) mass is 672 g/mol. The number of carboxylic acid groups (broad SMARTS) is 1. The lowest BCUT2D eigenvalue weighted by atomic mass is 10.0. The first-order valence-corrected chi connectivity index (χ1v) is 15.6. The van der Waals surface area contributed by atoms with E-state index in [1.165, 1.54) is 9.70 Å². The van der Waals surface area contributed by atoms with Crippen molar-refractivity contribution in [3.8, 4) is 11.4 Å². The number of ether oxygens (including phenoxy) is 1. The minimum atomic E-state index is -1.43. The second-order valence-corrected chi connectivity index (χ2v) is 13.5. The van der Waals surface area contributed by atoms with Crippen molar-refractivity contribution in [2.24, 2.45) is 5.92 Å². The van der Waals surface area contributed by atoms with E-state index in [2.05, 4.69) is 47.0 Å². The molecule has 0 bridgehead atoms. The van der Waals surface area contributed by atoms with E-state index in [4.69, 9.17) is 4.74 Å². The predicted octanol–water partition coefficient (Wildman–Crippen LogP) is 3.01. The summed E-state index contributed by atoms with van der Waals surface area (Å²) >= 11 is 3.38. The van der Waals surface area contributed by atoms with Crippen LogP contribution >= 0.6 is 15.9 Å². The number of carbonyl (C=O) groups is 4. The first-order valence-electron chi connectivity index (χ1n) is 14.8. The number of amides is 3. The zero-order valence-corrected chi connectivity index (χ0v) is 26.5. The lowest BCUT2D eigenvalue weighted by Gasteiger charge is -2.30. The summed E-state index contributed by atoms with van der Waals surface area (Å²) in [6.07, 6.45) is 10.1. The summed E-state index contributed by atoms with van der Waals surface area (Å²) in [4.78, 5) is 59.9. The molecule has 2 fully saturated rings. The summed E-state index contributed by atoms with van der Waals surface area (Å²) in [6.45, 7) is 5.25. The normalized spacial score (nSPS) is 28.5. The van der Waals surface area contributed by atoms with Crippen molar-refractivity contribution in [2.45, 2.75) is 95.0 Å². The number of halogens is 1. The van der Waals surface area contributed by atoms with Gasteiger partial charge in [-0.2, -0.15) is 4.80 Å². The lowest BCUT2D eigenvalue weighted by molar-refractivity contribution is -0.145. The number of pyridine rings is 1. The lowest BCUT2D eigenvalue weighted by Crippen LogP contribution is -2.56. The van der Waals surface area contributed by atoms with Crippen molar-refractivity contribution in [1.82, 2.24) is 40.7 Å². The molecule has 5 rings (SSSR count). The zero-order chi connectivity index (χ0) is 31.6. The average Bonchev–Trinajstić information content (AvgIpc) is 3.27. The highest BCUT2D eigenvalue weighted by Crippen LogP contribution is 2.45. The highest BCUT2D eigenvalue weighted by atomic mass is 79.9. The molecule has 44 heavy (non-hydrogen) atoms. The Bertz CT molecular complexity index is 1460. The van der Waals surface area contributed by atoms with Crippen molar-refractivity contribution in [3.63, 3.8) is 0 Å². The number of hydrogen-bond donors (Lipinski definition) is 3. The Balaban J connectivity index is 1.44. The summed E-state index contributed by atoms with van der Waals surface area (Å²) in [5.41, 5.74) is -1.57. The zero-order valence-electron chi connectivity index (χ0n) is 24.9. The molecule has 236 valence electrons. The van der Waals surface area contributed by atoms with Crippen LogP contribution < -0.4 is 10.6 Å². The molecule has 0 spiro atoms. The predicted molar refractivity (Wildman–Crippen MR) is 160 cm³/mol. The van der Waals surface area contributed by atoms with Crippen molar-refractivity contribution < 1.29 is 29.0 Å². The van der Waals surface area contributed by atoms with E-state index in [0.29, 0.717) is 24.2 Å². The summed E-state index contributed by atoms with van der Waals surface area (Å²) < 4.78 is 6.17. The van der Waals surface area contributed by atoms with Crippen molar-refractivity contribution in [2.75, 3.05) is 6.54 Å². The molecule has 0 aromatic carbocycles. The molecule has 1 saturated heterocycles. The van der Waals surface area contributed by atoms with E-state index in [1.807, 2.05) is 12.2 Å². The van der Waals surface area contributed by atoms with Gasteiger partial charge in [0.25, 0.3) is 0 Å². The van der Waals surface area contributed by atoms with Gasteiger partial charge in [0, 0.05) is 41.3 Å². The molecule has 14 nitrogen and oxygen atoms in total. The molecule has 3 amide bonds. The second-order valence-electron chi connectivity index (χ2n) is 12.6. The maximum Gasteiger partial charge on any atom is 0.408 e. The van der Waals surface area contributed by atoms with E-state index in [0.717, 1.165) is 23.7 Å². The van der Waals surface area contributed by atoms with Crippen molar-refractivity contribution in [1.29, 1.82) is 0 Å². The van der Waals surface area contributed by atoms with E-state index in [9.17, 15) is 24.3 Å². The summed E-state index contributed by atoms with van der Waals surface area (Å²) in [6, 6.07) is -0.714. The number of rotatable bonds is 4. The maximum absolute atomic E-state index is 14.1. The molecule has 0 radical (unpaired) electrons. The van der Waals surface area contributed by atoms with E-state index in [1.54, 1.807) is 39.2 Å². The van der Waals surface area contributed by atoms with Gasteiger partial charge in [0.05, 0.1) is 6.04 Å². The van der Waals surface area contributed by atoms with Crippen molar-refractivity contribution >= 4 is 39.8 Å². The molecule has 5 atom stereocenters. The van der Waals surface area contributed by atoms with Crippen LogP contribution in [0.1, 0.15) is 71.8 Å². The molecule has 2 aromatic heterocycles. The molecule has 3 N–H and O–H groups in total. The van der Waals surface area contributed by atoms with Gasteiger partial charge in [-0.1, -0.05) is 25.0 Å². The smallest absolute Gasteiger partial charge is 0.408 e. The number of carbonyl (C=O) groups excluding carboxylic acids is 3. The van der Waals surface area contributed by atoms with Gasteiger partial charge >= 0.3 is 12.1 Å². The third-order valence-electron chi connectivity index (χ3n) is 8.05. The molecule has 2 aliphatic heterocycles. The van der Waals surface area contributed by atoms with Crippen LogP contribution in [0.5, 0.6) is 0 Å². The summed E-state index contributed by atoms with van der Waals surface area (Å²) in [5.74, 6) is -2.18. The number of aromatic nitrogens is 5. The molecule has 1 aliphatic carbocycles. The fourth-order valence-electron chi connectivity index (χ4n) is 5.72. The number of fused-ring (bicyclic) bond motifs is 2. The Morgan fingerprint density at radius 3 is 2.73 bits per heavy atom. The molecule has 3 aliphatic rings. The fourth-order valence-corrected chi connectivity index (χ4v) is 6.09. The molecule has 1 saturated carbocycles. The van der Waals surface area contributed by atoms with Gasteiger partial charge in [-0.3, -0.25) is 14.6 Å². The maximum atomic E-state index is 14.1. The Morgan fingerprint density at radius 1 is 1.20 bits per heavy atom. The number of allylic oxidation sites excluding steroid dienone is 1. The first-order chi connectivity index (χ1) is 20.9. The molecule has 0 unspecified atom stereocenters. The van der Waals surface area contributed by atoms with Crippen molar-refractivity contribution in [3.05, 3.63) is 35.1 Å². The highest BCUT2D eigenvalue weighted by Gasteiger charge is 2.61. The minimum Gasteiger partial charge on any atom is -0.479 e. The van der Waals surface area contributed by atoms with E-state index >= 15 is 0 Å². The topological polar surface area (TPSA) is 182 Å². The quantitative estimate of drug-likeness (QED) is 0.408. The van der Waals surface area contributed by atoms with Crippen LogP contribution in [0.4, 0.5) is 4.79 Å². The Labute approximate surface area is 263 Å². The first kappa shape index (κ1) is 31.5. The van der Waals surface area contributed by atoms with Crippen LogP contribution in [0.25, 0.3) is 11.4 Å². The Kier molecular flexibility index (Phi) is 9.05. The number of nitrogens with one attached hydrogen (secondary N) is 2. The van der Waals surface area contributed by atoms with Crippen LogP contribution in [0.2, 0.25) is 0 Å². The van der Waals surface area contributed by atoms with Gasteiger partial charge in [-0.25, -0.2) is 9.59 Å². The summed E-state index contributed by atoms with van der Waals surface area (Å²) in [5, 5.41) is 28.4. The Morgan fingerprint density at radius 2 is 2.00 bits per heavy atom. The molecule has 2 aromatic rings. The van der Waals surface area contributed by atoms with Gasteiger partial charge in [0.1, 0.15) is 23.2 Å². The van der Waals surface area contributed by atoms with Gasteiger partial charge in [-0.15, -0.1) is 10.2 Å². The average molecular weight is 674 g/mol. The van der Waals surface area contributed by atoms with Crippen LogP contribution in [0.3, 0.4) is 0 Å². The van der Waals surface area contributed by atoms with Gasteiger partial charge in [0.2, 0.25) is 17.6 Å². The fraction of sp³-hybridized carbons (Fsp3) is 0.586. The third kappa shape index (κ3) is 7.08. The number of hydrogen-bond acceptors (Lipinski definition) is 9. The Hall–Kier alpha value is -3.88. The van der Waals surface area contributed by atoms with Crippen LogP contribution in [-0.4, -0.2) is 88.8 Å². The van der Waals surface area contributed by atoms with Crippen LogP contribution in [0, 0.1) is 5.92 Å². The van der Waals surface area contributed by atoms with Gasteiger partial charge in [0.15, 0.2) is 0 Å². The standard InChI is InChI=1S/C29H37BrN8O6/c1-28(2,3)44-27(43)32-21-10-8-6-4-5-7-9-18-13-29(18,26(41)42)33-24(39)22-12-20(16-37(22)25(21)40)38-35-23(34-36-38)17-11-19(30)15-31-14-17/h7,9,11,14-15,18,20-22H,4-6,8,10,12-13,16H2,1-3H3,(H,32,43)(H,33,39)(H,41,42)/b9-7-/t18-,20+,21-,22-,29+/m0/s1. The van der Waals surface area contributed by atoms with E-state index < -0.39 is 53.1 Å². The molecule has 15 heteroatoms. The number of nitrogens with zero attached hydrogens (tertiary/aromatic N) is 6. The number of alkyl carbamates (subject to hydrolysis) is 1. The summed E-state index contributed by atoms with van der Waals surface area (Å²) in [7, 11) is 0. The number of aliphatic carboxylic acids is 1. The molecular weight excluding hydrogens is 636 g/mol. The largest absolute Gasteiger partial charge is 0.479 e. The minimum absolute atomic E-state index is 0.0549. The van der Waals surface area contributed by atoms with Crippen LogP contribution in [-0.2, 0) is 19.1 Å². The molecular formula is C29H37BrN8O6. The van der Waals surface area contributed by atoms with Gasteiger partial charge in [-0.05, 0) is 73.7 Å². The van der Waals surface area contributed by atoms with Gasteiger partial charge < -0.3 is 25.4 Å². The molecule has 4 heterocycles. The highest BCUT2D eigenvalue weighted by molar-refractivity contribution is 9.10. The van der Waals surface area contributed by atoms with E-state index in [-0.39, 0.29) is 25.3 Å². The third-order valence-corrected chi connectivity index (χ3v) is 8.48.